The molecule has 0 amide bonds. The third-order valence-corrected chi connectivity index (χ3v) is 3.70. The molecule has 108 valence electrons. The van der Waals surface area contributed by atoms with Crippen molar-refractivity contribution in [2.24, 2.45) is 7.05 Å². The maximum atomic E-state index is 4.74. The van der Waals surface area contributed by atoms with Crippen LogP contribution in [0, 0.1) is 0 Å². The zero-order valence-corrected chi connectivity index (χ0v) is 12.3. The molecule has 5 heteroatoms. The molecule has 1 aromatic carbocycles. The summed E-state index contributed by atoms with van der Waals surface area (Å²) >= 11 is 0. The minimum atomic E-state index is 0.173. The summed E-state index contributed by atoms with van der Waals surface area (Å²) in [5.74, 6) is 1.06. The summed E-state index contributed by atoms with van der Waals surface area (Å²) in [6, 6.07) is 8.38. The summed E-state index contributed by atoms with van der Waals surface area (Å²) in [5, 5.41) is 3.49. The fourth-order valence-corrected chi connectivity index (χ4v) is 2.61. The van der Waals surface area contributed by atoms with Crippen LogP contribution in [0.15, 0.2) is 43.0 Å². The van der Waals surface area contributed by atoms with Gasteiger partial charge in [0.05, 0.1) is 11.0 Å². The highest BCUT2D eigenvalue weighted by Crippen LogP contribution is 2.20. The maximum absolute atomic E-state index is 4.74. The maximum Gasteiger partial charge on any atom is 0.115 e. The molecule has 1 atom stereocenters. The summed E-state index contributed by atoms with van der Waals surface area (Å²) in [5.41, 5.74) is 3.29. The van der Waals surface area contributed by atoms with Crippen LogP contribution in [0.3, 0.4) is 0 Å². The number of fused-ring (bicyclic) bond motifs is 1. The van der Waals surface area contributed by atoms with Gasteiger partial charge in [0.15, 0.2) is 0 Å². The van der Waals surface area contributed by atoms with E-state index in [4.69, 9.17) is 4.98 Å². The standard InChI is InChI=1S/C16H19N5/c1-3-19-14(12-9-17-11-18-10-12)8-16-20-13-6-4-5-7-15(13)21(16)2/h4-7,9-11,14,19H,3,8H2,1-2H3. The van der Waals surface area contributed by atoms with E-state index in [1.54, 1.807) is 6.33 Å². The summed E-state index contributed by atoms with van der Waals surface area (Å²) < 4.78 is 2.16. The van der Waals surface area contributed by atoms with E-state index in [1.165, 1.54) is 0 Å². The number of aryl methyl sites for hydroxylation is 1. The van der Waals surface area contributed by atoms with Crippen LogP contribution in [0.5, 0.6) is 0 Å². The highest BCUT2D eigenvalue weighted by molar-refractivity contribution is 5.75. The van der Waals surface area contributed by atoms with Gasteiger partial charge in [-0.15, -0.1) is 0 Å². The number of nitrogens with one attached hydrogen (secondary N) is 1. The summed E-state index contributed by atoms with van der Waals surface area (Å²) in [7, 11) is 2.06. The first-order chi connectivity index (χ1) is 10.3. The Bertz CT molecular complexity index is 720. The molecule has 3 aromatic rings. The Morgan fingerprint density at radius 2 is 1.95 bits per heavy atom. The minimum Gasteiger partial charge on any atom is -0.331 e. The van der Waals surface area contributed by atoms with Crippen LogP contribution in [0.25, 0.3) is 11.0 Å². The lowest BCUT2D eigenvalue weighted by Gasteiger charge is -2.17. The molecule has 0 saturated heterocycles. The Morgan fingerprint density at radius 3 is 2.67 bits per heavy atom. The Kier molecular flexibility index (Phi) is 3.92. The lowest BCUT2D eigenvalue weighted by molar-refractivity contribution is 0.527. The molecule has 21 heavy (non-hydrogen) atoms. The Hall–Kier alpha value is -2.27. The van der Waals surface area contributed by atoms with Crippen LogP contribution < -0.4 is 5.32 Å². The number of aromatic nitrogens is 4. The Labute approximate surface area is 124 Å². The molecular formula is C16H19N5. The predicted molar refractivity (Wildman–Crippen MR) is 82.9 cm³/mol. The highest BCUT2D eigenvalue weighted by Gasteiger charge is 2.16. The van der Waals surface area contributed by atoms with Gasteiger partial charge >= 0.3 is 0 Å². The summed E-state index contributed by atoms with van der Waals surface area (Å²) in [4.78, 5) is 13.0. The third-order valence-electron chi connectivity index (χ3n) is 3.70. The van der Waals surface area contributed by atoms with Crippen molar-refractivity contribution >= 4 is 11.0 Å². The molecule has 3 rings (SSSR count). The number of imidazole rings is 1. The largest absolute Gasteiger partial charge is 0.331 e. The van der Waals surface area contributed by atoms with E-state index in [1.807, 2.05) is 30.6 Å². The van der Waals surface area contributed by atoms with Gasteiger partial charge in [0.2, 0.25) is 0 Å². The van der Waals surface area contributed by atoms with Crippen LogP contribution in [0.1, 0.15) is 24.4 Å². The zero-order chi connectivity index (χ0) is 14.7. The first-order valence-electron chi connectivity index (χ1n) is 7.18. The fourth-order valence-electron chi connectivity index (χ4n) is 2.61. The number of benzene rings is 1. The normalized spacial score (nSPS) is 12.7. The van der Waals surface area contributed by atoms with Crippen molar-refractivity contribution in [3.8, 4) is 0 Å². The van der Waals surface area contributed by atoms with Gasteiger partial charge in [0.25, 0.3) is 0 Å². The van der Waals surface area contributed by atoms with Crippen LogP contribution in [-0.2, 0) is 13.5 Å². The number of nitrogens with zero attached hydrogens (tertiary/aromatic N) is 4. The second kappa shape index (κ2) is 6.01. The van der Waals surface area contributed by atoms with E-state index in [-0.39, 0.29) is 6.04 Å². The number of hydrogen-bond acceptors (Lipinski definition) is 4. The van der Waals surface area contributed by atoms with Gasteiger partial charge in [-0.2, -0.15) is 0 Å². The van der Waals surface area contributed by atoms with Gasteiger partial charge in [0, 0.05) is 37.5 Å². The zero-order valence-electron chi connectivity index (χ0n) is 12.3. The quantitative estimate of drug-likeness (QED) is 0.779. The van der Waals surface area contributed by atoms with Gasteiger partial charge in [-0.05, 0) is 18.7 Å². The van der Waals surface area contributed by atoms with E-state index in [9.17, 15) is 0 Å². The molecule has 0 radical (unpaired) electrons. The van der Waals surface area contributed by atoms with Crippen molar-refractivity contribution < 1.29 is 0 Å². The molecule has 2 aromatic heterocycles. The van der Waals surface area contributed by atoms with Gasteiger partial charge < -0.3 is 9.88 Å². The third kappa shape index (κ3) is 2.78. The van der Waals surface area contributed by atoms with E-state index >= 15 is 0 Å². The molecule has 0 aliphatic carbocycles. The molecule has 0 aliphatic heterocycles. The van der Waals surface area contributed by atoms with Gasteiger partial charge in [-0.3, -0.25) is 0 Å². The lowest BCUT2D eigenvalue weighted by Crippen LogP contribution is -2.24. The molecule has 0 bridgehead atoms. The smallest absolute Gasteiger partial charge is 0.115 e. The first kappa shape index (κ1) is 13.7. The molecule has 0 fully saturated rings. The first-order valence-corrected chi connectivity index (χ1v) is 7.18. The SMILES string of the molecule is CCNC(Cc1nc2ccccc2n1C)c1cncnc1. The molecular weight excluding hydrogens is 262 g/mol. The fraction of sp³-hybridized carbons (Fsp3) is 0.312. The number of para-hydroxylation sites is 2. The van der Waals surface area contributed by atoms with E-state index < -0.39 is 0 Å². The van der Waals surface area contributed by atoms with E-state index in [2.05, 4.69) is 39.9 Å². The number of likely N-dealkylation sites (N-methyl/N-ethyl adjacent to an activating group) is 1. The van der Waals surface area contributed by atoms with Crippen LogP contribution in [0.4, 0.5) is 0 Å². The van der Waals surface area contributed by atoms with Gasteiger partial charge in [-0.25, -0.2) is 15.0 Å². The Balaban J connectivity index is 1.93. The van der Waals surface area contributed by atoms with Crippen LogP contribution in [0.2, 0.25) is 0 Å². The second-order valence-corrected chi connectivity index (χ2v) is 5.06. The van der Waals surface area contributed by atoms with Crippen LogP contribution >= 0.6 is 0 Å². The van der Waals surface area contributed by atoms with Crippen molar-refractivity contribution in [3.63, 3.8) is 0 Å². The average molecular weight is 281 g/mol. The predicted octanol–water partition coefficient (Wildman–Crippen LogP) is 2.26. The number of rotatable bonds is 5. The molecule has 5 nitrogen and oxygen atoms in total. The summed E-state index contributed by atoms with van der Waals surface area (Å²) in [6.45, 7) is 3.00. The monoisotopic (exact) mass is 281 g/mol. The van der Waals surface area contributed by atoms with Gasteiger partial charge in [-0.1, -0.05) is 19.1 Å². The van der Waals surface area contributed by atoms with Crippen molar-refractivity contribution in [3.05, 3.63) is 54.4 Å². The van der Waals surface area contributed by atoms with Crippen molar-refractivity contribution in [1.82, 2.24) is 24.8 Å². The molecule has 0 saturated carbocycles. The lowest BCUT2D eigenvalue weighted by atomic mass is 10.1. The van der Waals surface area contributed by atoms with E-state index in [0.717, 1.165) is 35.4 Å². The highest BCUT2D eigenvalue weighted by atomic mass is 15.1. The topological polar surface area (TPSA) is 55.6 Å². The molecule has 0 aliphatic rings. The Morgan fingerprint density at radius 1 is 1.19 bits per heavy atom. The summed E-state index contributed by atoms with van der Waals surface area (Å²) in [6.07, 6.45) is 6.10. The minimum absolute atomic E-state index is 0.173. The molecule has 0 spiro atoms. The molecule has 1 unspecified atom stereocenters. The van der Waals surface area contributed by atoms with Crippen molar-refractivity contribution in [1.29, 1.82) is 0 Å². The average Bonchev–Trinajstić information content (AvgIpc) is 2.84. The molecule has 1 N–H and O–H groups in total. The van der Waals surface area contributed by atoms with Gasteiger partial charge in [0.1, 0.15) is 12.2 Å². The van der Waals surface area contributed by atoms with Crippen molar-refractivity contribution in [2.45, 2.75) is 19.4 Å². The molecule has 2 heterocycles. The second-order valence-electron chi connectivity index (χ2n) is 5.06. The van der Waals surface area contributed by atoms with Crippen LogP contribution in [-0.4, -0.2) is 26.1 Å². The number of hydrogen-bond donors (Lipinski definition) is 1. The van der Waals surface area contributed by atoms with E-state index in [0.29, 0.717) is 0 Å². The van der Waals surface area contributed by atoms with Crippen molar-refractivity contribution in [2.75, 3.05) is 6.54 Å².